The molecule has 0 spiro atoms. The summed E-state index contributed by atoms with van der Waals surface area (Å²) in [5.41, 5.74) is 1.33. The van der Waals surface area contributed by atoms with Crippen molar-refractivity contribution in [1.82, 2.24) is 19.5 Å². The molecule has 1 fully saturated rings. The molecule has 7 heteroatoms. The van der Waals surface area contributed by atoms with Gasteiger partial charge in [-0.25, -0.2) is 15.0 Å². The van der Waals surface area contributed by atoms with Crippen molar-refractivity contribution in [3.63, 3.8) is 0 Å². The molecule has 2 atom stereocenters. The lowest BCUT2D eigenvalue weighted by Gasteiger charge is -2.32. The van der Waals surface area contributed by atoms with Crippen molar-refractivity contribution in [3.8, 4) is 0 Å². The van der Waals surface area contributed by atoms with Crippen molar-refractivity contribution in [2.45, 2.75) is 31.4 Å². The monoisotopic (exact) mass is 282 g/mol. The van der Waals surface area contributed by atoms with Gasteiger partial charge in [0.25, 0.3) is 0 Å². The van der Waals surface area contributed by atoms with Gasteiger partial charge in [-0.05, 0) is 19.3 Å². The zero-order valence-corrected chi connectivity index (χ0v) is 11.1. The number of ether oxygens (including phenoxy) is 1. The van der Waals surface area contributed by atoms with E-state index in [0.29, 0.717) is 17.1 Å². The molecule has 1 aliphatic rings. The van der Waals surface area contributed by atoms with Crippen LogP contribution in [0.5, 0.6) is 0 Å². The number of halogens is 1. The molecule has 0 aliphatic carbocycles. The highest BCUT2D eigenvalue weighted by Crippen LogP contribution is 2.30. The molecule has 0 unspecified atom stereocenters. The molecule has 3 rings (SSSR count). The molecular weight excluding hydrogens is 268 g/mol. The van der Waals surface area contributed by atoms with Gasteiger partial charge in [0.05, 0.1) is 18.5 Å². The van der Waals surface area contributed by atoms with Gasteiger partial charge >= 0.3 is 0 Å². The van der Waals surface area contributed by atoms with Crippen LogP contribution in [0.1, 0.15) is 25.3 Å². The fraction of sp³-hybridized carbons (Fsp3) is 0.583. The number of aliphatic hydroxyl groups excluding tert-OH is 1. The Morgan fingerprint density at radius 1 is 1.42 bits per heavy atom. The van der Waals surface area contributed by atoms with Gasteiger partial charge in [-0.3, -0.25) is 0 Å². The third-order valence-electron chi connectivity index (χ3n) is 3.49. The summed E-state index contributed by atoms with van der Waals surface area (Å²) in [5.74, 6) is 0. The number of hydrogen-bond acceptors (Lipinski definition) is 5. The minimum Gasteiger partial charge on any atom is -0.396 e. The summed E-state index contributed by atoms with van der Waals surface area (Å²) < 4.78 is 7.74. The lowest BCUT2D eigenvalue weighted by molar-refractivity contribution is -0.0317. The summed E-state index contributed by atoms with van der Waals surface area (Å²) in [6.07, 6.45) is 5.75. The Hall–Kier alpha value is -1.24. The summed E-state index contributed by atoms with van der Waals surface area (Å²) in [4.78, 5) is 12.5. The Morgan fingerprint density at radius 3 is 3.16 bits per heavy atom. The van der Waals surface area contributed by atoms with Crippen LogP contribution in [0.3, 0.4) is 0 Å². The molecule has 0 bridgehead atoms. The Kier molecular flexibility index (Phi) is 3.63. The summed E-state index contributed by atoms with van der Waals surface area (Å²) in [6.45, 7) is 0.854. The predicted octanol–water partition coefficient (Wildman–Crippen LogP) is 1.58. The quantitative estimate of drug-likeness (QED) is 0.866. The second-order valence-corrected chi connectivity index (χ2v) is 4.98. The molecule has 1 aliphatic heterocycles. The van der Waals surface area contributed by atoms with Crippen LogP contribution < -0.4 is 0 Å². The van der Waals surface area contributed by atoms with Crippen molar-refractivity contribution < 1.29 is 9.84 Å². The van der Waals surface area contributed by atoms with Crippen molar-refractivity contribution >= 4 is 22.8 Å². The van der Waals surface area contributed by atoms with Gasteiger partial charge in [0.1, 0.15) is 11.8 Å². The number of aromatic nitrogens is 4. The van der Waals surface area contributed by atoms with Crippen molar-refractivity contribution in [2.24, 2.45) is 0 Å². The summed E-state index contributed by atoms with van der Waals surface area (Å²) >= 11 is 6.01. The third-order valence-corrected chi connectivity index (χ3v) is 3.77. The molecule has 1 N–H and O–H groups in total. The van der Waals surface area contributed by atoms with Crippen LogP contribution in [0.25, 0.3) is 11.2 Å². The Balaban J connectivity index is 2.00. The van der Waals surface area contributed by atoms with Crippen LogP contribution in [-0.4, -0.2) is 43.9 Å². The van der Waals surface area contributed by atoms with E-state index in [1.54, 1.807) is 6.33 Å². The largest absolute Gasteiger partial charge is 0.396 e. The van der Waals surface area contributed by atoms with E-state index in [0.717, 1.165) is 25.1 Å². The summed E-state index contributed by atoms with van der Waals surface area (Å²) in [6, 6.07) is 0.136. The minimum absolute atomic E-state index is 0.00936. The fourth-order valence-electron chi connectivity index (χ4n) is 2.61. The second-order valence-electron chi connectivity index (χ2n) is 4.62. The van der Waals surface area contributed by atoms with E-state index in [1.807, 2.05) is 4.57 Å². The summed E-state index contributed by atoms with van der Waals surface area (Å²) in [7, 11) is 0. The average molecular weight is 283 g/mol. The highest BCUT2D eigenvalue weighted by atomic mass is 35.5. The van der Waals surface area contributed by atoms with E-state index in [1.165, 1.54) is 6.33 Å². The third kappa shape index (κ3) is 2.31. The van der Waals surface area contributed by atoms with Crippen LogP contribution in [0.2, 0.25) is 5.15 Å². The normalized spacial score (nSPS) is 23.9. The number of rotatable bonds is 3. The van der Waals surface area contributed by atoms with Gasteiger partial charge in [-0.15, -0.1) is 0 Å². The summed E-state index contributed by atoms with van der Waals surface area (Å²) in [5, 5.41) is 9.50. The first-order valence-electron chi connectivity index (χ1n) is 6.36. The molecule has 6 nitrogen and oxygen atoms in total. The fourth-order valence-corrected chi connectivity index (χ4v) is 2.79. The van der Waals surface area contributed by atoms with E-state index < -0.39 is 0 Å². The van der Waals surface area contributed by atoms with Gasteiger partial charge in [-0.2, -0.15) is 0 Å². The molecular formula is C12H15ClN4O2. The Bertz CT molecular complexity index is 572. The van der Waals surface area contributed by atoms with E-state index in [2.05, 4.69) is 15.0 Å². The standard InChI is InChI=1S/C12H15ClN4O2/c13-11-10-12(15-6-14-11)17(7-16-10)8-2-1-5-19-9(8)3-4-18/h6-9,18H,1-5H2/t8-,9+/m1/s1. The maximum atomic E-state index is 9.14. The number of aliphatic hydroxyl groups is 1. The van der Waals surface area contributed by atoms with E-state index in [9.17, 15) is 0 Å². The first kappa shape index (κ1) is 12.8. The topological polar surface area (TPSA) is 73.1 Å². The van der Waals surface area contributed by atoms with Crippen LogP contribution >= 0.6 is 11.6 Å². The van der Waals surface area contributed by atoms with E-state index in [-0.39, 0.29) is 18.8 Å². The van der Waals surface area contributed by atoms with Gasteiger partial charge in [0.15, 0.2) is 10.8 Å². The average Bonchev–Trinajstić information content (AvgIpc) is 2.85. The van der Waals surface area contributed by atoms with Gasteiger partial charge in [0, 0.05) is 13.2 Å². The smallest absolute Gasteiger partial charge is 0.165 e. The molecule has 102 valence electrons. The molecule has 1 saturated heterocycles. The maximum Gasteiger partial charge on any atom is 0.165 e. The maximum absolute atomic E-state index is 9.14. The highest BCUT2D eigenvalue weighted by molar-refractivity contribution is 6.33. The van der Waals surface area contributed by atoms with E-state index in [4.69, 9.17) is 21.4 Å². The molecule has 0 saturated carbocycles. The molecule has 2 aromatic heterocycles. The molecule has 0 aromatic carbocycles. The lowest BCUT2D eigenvalue weighted by Crippen LogP contribution is -2.32. The number of nitrogens with zero attached hydrogens (tertiary/aromatic N) is 4. The van der Waals surface area contributed by atoms with Crippen molar-refractivity contribution in [2.75, 3.05) is 13.2 Å². The zero-order chi connectivity index (χ0) is 13.2. The molecule has 3 heterocycles. The van der Waals surface area contributed by atoms with E-state index >= 15 is 0 Å². The predicted molar refractivity (Wildman–Crippen MR) is 70.0 cm³/mol. The van der Waals surface area contributed by atoms with Gasteiger partial charge in [0.2, 0.25) is 0 Å². The Morgan fingerprint density at radius 2 is 2.32 bits per heavy atom. The SMILES string of the molecule is OCC[C@@H]1OCCC[C@H]1n1cnc2c(Cl)ncnc21. The van der Waals surface area contributed by atoms with Gasteiger partial charge < -0.3 is 14.4 Å². The highest BCUT2D eigenvalue weighted by Gasteiger charge is 2.28. The minimum atomic E-state index is -0.00936. The number of fused-ring (bicyclic) bond motifs is 1. The molecule has 2 aromatic rings. The lowest BCUT2D eigenvalue weighted by atomic mass is 10.00. The van der Waals surface area contributed by atoms with Gasteiger partial charge in [-0.1, -0.05) is 11.6 Å². The molecule has 0 amide bonds. The van der Waals surface area contributed by atoms with Crippen molar-refractivity contribution in [1.29, 1.82) is 0 Å². The van der Waals surface area contributed by atoms with Crippen LogP contribution in [-0.2, 0) is 4.74 Å². The van der Waals surface area contributed by atoms with Crippen molar-refractivity contribution in [3.05, 3.63) is 17.8 Å². The van der Waals surface area contributed by atoms with Crippen LogP contribution in [0.4, 0.5) is 0 Å². The first-order valence-corrected chi connectivity index (χ1v) is 6.74. The van der Waals surface area contributed by atoms with Crippen LogP contribution in [0, 0.1) is 0 Å². The number of imidazole rings is 1. The first-order chi connectivity index (χ1) is 9.31. The number of hydrogen-bond donors (Lipinski definition) is 1. The second kappa shape index (κ2) is 5.40. The molecule has 19 heavy (non-hydrogen) atoms. The molecule has 0 radical (unpaired) electrons. The zero-order valence-electron chi connectivity index (χ0n) is 10.4. The van der Waals surface area contributed by atoms with Crippen LogP contribution in [0.15, 0.2) is 12.7 Å². The Labute approximate surface area is 115 Å².